The van der Waals surface area contributed by atoms with Gasteiger partial charge in [0.1, 0.15) is 5.69 Å². The summed E-state index contributed by atoms with van der Waals surface area (Å²) < 4.78 is 25.1. The Kier molecular flexibility index (Phi) is 4.22. The first-order chi connectivity index (χ1) is 6.60. The molecule has 0 saturated carbocycles. The number of nitrogens with zero attached hydrogens (tertiary/aromatic N) is 1. The number of pyridine rings is 1. The standard InChI is InChI=1S/C8H7BrClF2NO/c9-7-4(2-10)1-5(8(11)12)13-6(7)3-14/h1,8,14H,2-3H2. The smallest absolute Gasteiger partial charge is 0.280 e. The lowest BCUT2D eigenvalue weighted by Gasteiger charge is -2.08. The molecule has 1 aromatic heterocycles. The molecule has 0 aliphatic rings. The van der Waals surface area contributed by atoms with Gasteiger partial charge >= 0.3 is 0 Å². The molecule has 0 radical (unpaired) electrons. The van der Waals surface area contributed by atoms with Crippen molar-refractivity contribution in [3.8, 4) is 0 Å². The monoisotopic (exact) mass is 285 g/mol. The third kappa shape index (κ3) is 2.40. The van der Waals surface area contributed by atoms with Crippen LogP contribution in [0.3, 0.4) is 0 Å². The zero-order valence-electron chi connectivity index (χ0n) is 6.98. The normalized spacial score (nSPS) is 11.0. The summed E-state index contributed by atoms with van der Waals surface area (Å²) in [5.74, 6) is 0.0931. The number of hydrogen-bond acceptors (Lipinski definition) is 2. The number of halogens is 4. The summed E-state index contributed by atoms with van der Waals surface area (Å²) in [5.41, 5.74) is 0.312. The van der Waals surface area contributed by atoms with E-state index in [-0.39, 0.29) is 17.3 Å². The van der Waals surface area contributed by atoms with Gasteiger partial charge in [-0.05, 0) is 27.6 Å². The van der Waals surface area contributed by atoms with Crippen molar-refractivity contribution in [2.45, 2.75) is 18.9 Å². The van der Waals surface area contributed by atoms with Crippen LogP contribution in [0.25, 0.3) is 0 Å². The minimum Gasteiger partial charge on any atom is -0.390 e. The molecule has 14 heavy (non-hydrogen) atoms. The lowest BCUT2D eigenvalue weighted by Crippen LogP contribution is -2.00. The van der Waals surface area contributed by atoms with E-state index >= 15 is 0 Å². The molecule has 0 atom stereocenters. The molecule has 0 aromatic carbocycles. The van der Waals surface area contributed by atoms with Crippen molar-refractivity contribution in [2.75, 3.05) is 0 Å². The number of alkyl halides is 3. The minimum absolute atomic E-state index is 0.0931. The molecule has 1 rings (SSSR count). The molecular formula is C8H7BrClF2NO. The maximum atomic E-state index is 12.3. The maximum absolute atomic E-state index is 12.3. The van der Waals surface area contributed by atoms with E-state index in [4.69, 9.17) is 16.7 Å². The fourth-order valence-corrected chi connectivity index (χ4v) is 1.82. The second-order valence-electron chi connectivity index (χ2n) is 2.56. The highest BCUT2D eigenvalue weighted by atomic mass is 79.9. The SMILES string of the molecule is OCc1nc(C(F)F)cc(CCl)c1Br. The van der Waals surface area contributed by atoms with Crippen molar-refractivity contribution in [3.63, 3.8) is 0 Å². The predicted molar refractivity (Wildman–Crippen MR) is 52.4 cm³/mol. The van der Waals surface area contributed by atoms with Gasteiger partial charge in [-0.15, -0.1) is 11.6 Å². The second-order valence-corrected chi connectivity index (χ2v) is 3.62. The Bertz CT molecular complexity index is 310. The molecule has 1 aromatic rings. The summed E-state index contributed by atoms with van der Waals surface area (Å²) in [7, 11) is 0. The van der Waals surface area contributed by atoms with Gasteiger partial charge in [0, 0.05) is 10.4 Å². The summed E-state index contributed by atoms with van der Waals surface area (Å²) in [6.07, 6.45) is -2.66. The Hall–Kier alpha value is -0.260. The lowest BCUT2D eigenvalue weighted by atomic mass is 10.2. The van der Waals surface area contributed by atoms with Gasteiger partial charge in [0.2, 0.25) is 0 Å². The quantitative estimate of drug-likeness (QED) is 0.867. The van der Waals surface area contributed by atoms with E-state index in [1.807, 2.05) is 0 Å². The number of hydrogen-bond donors (Lipinski definition) is 1. The van der Waals surface area contributed by atoms with Gasteiger partial charge in [-0.2, -0.15) is 0 Å². The van der Waals surface area contributed by atoms with Crippen LogP contribution in [0.5, 0.6) is 0 Å². The van der Waals surface area contributed by atoms with E-state index in [0.29, 0.717) is 10.0 Å². The van der Waals surface area contributed by atoms with Gasteiger partial charge in [0.05, 0.1) is 12.3 Å². The van der Waals surface area contributed by atoms with E-state index < -0.39 is 13.0 Å². The van der Waals surface area contributed by atoms with Crippen LogP contribution in [0, 0.1) is 0 Å². The van der Waals surface area contributed by atoms with Gasteiger partial charge in [-0.1, -0.05) is 0 Å². The average Bonchev–Trinajstić information content (AvgIpc) is 2.17. The minimum atomic E-state index is -2.66. The van der Waals surface area contributed by atoms with Gasteiger partial charge in [0.15, 0.2) is 0 Å². The first kappa shape index (κ1) is 11.8. The summed E-state index contributed by atoms with van der Waals surface area (Å²) in [6.45, 7) is -0.398. The topological polar surface area (TPSA) is 33.1 Å². The van der Waals surface area contributed by atoms with Crippen LogP contribution in [0.2, 0.25) is 0 Å². The van der Waals surface area contributed by atoms with Crippen LogP contribution in [-0.2, 0) is 12.5 Å². The van der Waals surface area contributed by atoms with Crippen molar-refractivity contribution in [1.82, 2.24) is 4.98 Å². The molecule has 78 valence electrons. The molecule has 6 heteroatoms. The fraction of sp³-hybridized carbons (Fsp3) is 0.375. The van der Waals surface area contributed by atoms with E-state index in [1.54, 1.807) is 0 Å². The van der Waals surface area contributed by atoms with Crippen LogP contribution in [0.15, 0.2) is 10.5 Å². The highest BCUT2D eigenvalue weighted by Crippen LogP contribution is 2.27. The third-order valence-electron chi connectivity index (χ3n) is 1.64. The third-order valence-corrected chi connectivity index (χ3v) is 2.89. The van der Waals surface area contributed by atoms with Crippen molar-refractivity contribution in [3.05, 3.63) is 27.5 Å². The maximum Gasteiger partial charge on any atom is 0.280 e. The number of aliphatic hydroxyl groups is 1. The molecule has 0 fully saturated rings. The number of aromatic nitrogens is 1. The molecule has 2 nitrogen and oxygen atoms in total. The molecule has 0 aliphatic carbocycles. The summed E-state index contributed by atoms with van der Waals surface area (Å²) in [5, 5.41) is 8.86. The Labute approximate surface area is 93.0 Å². The summed E-state index contributed by atoms with van der Waals surface area (Å²) in [4.78, 5) is 3.59. The zero-order valence-corrected chi connectivity index (χ0v) is 9.32. The first-order valence-electron chi connectivity index (χ1n) is 3.73. The molecule has 0 amide bonds. The number of rotatable bonds is 3. The largest absolute Gasteiger partial charge is 0.390 e. The summed E-state index contributed by atoms with van der Waals surface area (Å²) in [6, 6.07) is 1.22. The summed E-state index contributed by atoms with van der Waals surface area (Å²) >= 11 is 8.69. The number of aliphatic hydroxyl groups excluding tert-OH is 1. The predicted octanol–water partition coefficient (Wildman–Crippen LogP) is 3.01. The molecule has 1 heterocycles. The van der Waals surface area contributed by atoms with Crippen LogP contribution in [-0.4, -0.2) is 10.1 Å². The van der Waals surface area contributed by atoms with Gasteiger partial charge in [-0.25, -0.2) is 13.8 Å². The van der Waals surface area contributed by atoms with Gasteiger partial charge in [-0.3, -0.25) is 0 Å². The molecule has 1 N–H and O–H groups in total. The van der Waals surface area contributed by atoms with Gasteiger partial charge in [0.25, 0.3) is 6.43 Å². The van der Waals surface area contributed by atoms with E-state index in [1.165, 1.54) is 6.07 Å². The van der Waals surface area contributed by atoms with Crippen LogP contribution >= 0.6 is 27.5 Å². The molecule has 0 saturated heterocycles. The first-order valence-corrected chi connectivity index (χ1v) is 5.06. The van der Waals surface area contributed by atoms with E-state index in [9.17, 15) is 8.78 Å². The highest BCUT2D eigenvalue weighted by molar-refractivity contribution is 9.10. The van der Waals surface area contributed by atoms with Crippen LogP contribution in [0.4, 0.5) is 8.78 Å². The van der Waals surface area contributed by atoms with Gasteiger partial charge < -0.3 is 5.11 Å². The Morgan fingerprint density at radius 3 is 2.64 bits per heavy atom. The molecule has 0 bridgehead atoms. The van der Waals surface area contributed by atoms with Crippen molar-refractivity contribution in [1.29, 1.82) is 0 Å². The van der Waals surface area contributed by atoms with Crippen molar-refractivity contribution < 1.29 is 13.9 Å². The van der Waals surface area contributed by atoms with E-state index in [0.717, 1.165) is 0 Å². The average molecular weight is 287 g/mol. The second kappa shape index (κ2) is 5.00. The van der Waals surface area contributed by atoms with Crippen LogP contribution in [0.1, 0.15) is 23.4 Å². The zero-order chi connectivity index (χ0) is 10.7. The molecule has 0 aliphatic heterocycles. The van der Waals surface area contributed by atoms with Crippen molar-refractivity contribution >= 4 is 27.5 Å². The van der Waals surface area contributed by atoms with Crippen LogP contribution < -0.4 is 0 Å². The Morgan fingerprint density at radius 1 is 1.57 bits per heavy atom. The lowest BCUT2D eigenvalue weighted by molar-refractivity contribution is 0.145. The van der Waals surface area contributed by atoms with Crippen molar-refractivity contribution in [2.24, 2.45) is 0 Å². The fourth-order valence-electron chi connectivity index (χ4n) is 0.978. The molecular weight excluding hydrogens is 279 g/mol. The Morgan fingerprint density at radius 2 is 2.21 bits per heavy atom. The van der Waals surface area contributed by atoms with E-state index in [2.05, 4.69) is 20.9 Å². The highest BCUT2D eigenvalue weighted by Gasteiger charge is 2.15. The molecule has 0 spiro atoms. The Balaban J connectivity index is 3.25. The molecule has 0 unspecified atom stereocenters.